The number of hydrogen-bond donors (Lipinski definition) is 0. The van der Waals surface area contributed by atoms with Crippen LogP contribution >= 0.6 is 0 Å². The van der Waals surface area contributed by atoms with Crippen molar-refractivity contribution in [3.05, 3.63) is 0 Å². The average Bonchev–Trinajstić information content (AvgIpc) is 1.00. The van der Waals surface area contributed by atoms with Crippen molar-refractivity contribution in [2.45, 2.75) is 0 Å². The van der Waals surface area contributed by atoms with Crippen molar-refractivity contribution in [1.82, 2.24) is 0 Å². The summed E-state index contributed by atoms with van der Waals surface area (Å²) in [5.41, 5.74) is 0. The molecule has 0 fully saturated rings. The van der Waals surface area contributed by atoms with Crippen LogP contribution in [0.5, 0.6) is 0 Å². The molecule has 0 aromatic rings. The second kappa shape index (κ2) is 16.1. The molecule has 21 valence electrons. The van der Waals surface area contributed by atoms with Crippen molar-refractivity contribution in [1.29, 1.82) is 0 Å². The first kappa shape index (κ1) is 15.7. The molecule has 0 aliphatic heterocycles. The maximum absolute atomic E-state index is 8.33. The molecule has 0 saturated carbocycles. The third-order valence-electron chi connectivity index (χ3n) is 0. The molecule has 4 heteroatoms. The van der Waals surface area contributed by atoms with Gasteiger partial charge in [0.1, 0.15) is 0 Å². The molecule has 1 nitrogen and oxygen atoms in total. The molecule has 0 unspecified atom stereocenters. The van der Waals surface area contributed by atoms with Gasteiger partial charge in [-0.25, -0.2) is 0 Å². The molecule has 0 amide bonds. The molecular weight excluding hydrogens is 396 g/mol. The van der Waals surface area contributed by atoms with Crippen LogP contribution in [-0.2, 0) is 23.2 Å². The van der Waals surface area contributed by atoms with Gasteiger partial charge in [-0.15, -0.1) is 0 Å². The SMILES string of the molecule is [Gd].[K].[O]=[W]. The Labute approximate surface area is 111 Å². The predicted octanol–water partition coefficient (Wildman–Crippen LogP) is -0.502. The van der Waals surface area contributed by atoms with Crippen LogP contribution in [0, 0.1) is 39.9 Å². The summed E-state index contributed by atoms with van der Waals surface area (Å²) in [5, 5.41) is 0. The summed E-state index contributed by atoms with van der Waals surface area (Å²) in [6, 6.07) is 0. The molecule has 0 aromatic heterocycles. The van der Waals surface area contributed by atoms with E-state index in [1.165, 1.54) is 0 Å². The van der Waals surface area contributed by atoms with E-state index in [-0.39, 0.29) is 91.3 Å². The average molecular weight is 396 g/mol. The topological polar surface area (TPSA) is 17.1 Å². The first-order valence-electron chi connectivity index (χ1n) is 0.167. The van der Waals surface area contributed by atoms with Gasteiger partial charge in [0.25, 0.3) is 0 Å². The van der Waals surface area contributed by atoms with E-state index < -0.39 is 0 Å². The molecule has 1 radical (unpaired) electrons. The van der Waals surface area contributed by atoms with Gasteiger partial charge in [-0.1, -0.05) is 0 Å². The molecule has 0 spiro atoms. The van der Waals surface area contributed by atoms with E-state index in [1.54, 1.807) is 0 Å². The van der Waals surface area contributed by atoms with E-state index in [9.17, 15) is 0 Å². The monoisotopic (exact) mass is 397 g/mol. The van der Waals surface area contributed by atoms with Crippen LogP contribution in [0.1, 0.15) is 0 Å². The zero-order chi connectivity index (χ0) is 2.00. The molecule has 0 aliphatic rings. The molecule has 0 heterocycles. The van der Waals surface area contributed by atoms with Gasteiger partial charge in [-0.3, -0.25) is 0 Å². The maximum atomic E-state index is 8.33. The van der Waals surface area contributed by atoms with E-state index in [2.05, 4.69) is 0 Å². The van der Waals surface area contributed by atoms with E-state index >= 15 is 0 Å². The van der Waals surface area contributed by atoms with Gasteiger partial charge >= 0.3 is 23.2 Å². The van der Waals surface area contributed by atoms with Crippen LogP contribution in [0.3, 0.4) is 0 Å². The standard InChI is InChI=1S/Gd.K.O.W. The van der Waals surface area contributed by atoms with Gasteiger partial charge in [0.05, 0.1) is 0 Å². The summed E-state index contributed by atoms with van der Waals surface area (Å²) in [5.74, 6) is 0. The zero-order valence-corrected chi connectivity index (χ0v) is 10.5. The Morgan fingerprint density at radius 2 is 1.25 bits per heavy atom. The summed E-state index contributed by atoms with van der Waals surface area (Å²) in [6.45, 7) is 0. The Morgan fingerprint density at radius 1 is 1.25 bits per heavy atom. The zero-order valence-electron chi connectivity index (χ0n) is 2.17. The van der Waals surface area contributed by atoms with Crippen LogP contribution in [0.25, 0.3) is 0 Å². The fraction of sp³-hybridized carbons (Fsp3) is 0. The first-order valence-corrected chi connectivity index (χ1v) is 1.36. The molecular formula is GdKOW. The quantitative estimate of drug-likeness (QED) is 0.505. The van der Waals surface area contributed by atoms with Crippen molar-refractivity contribution >= 4 is 51.4 Å². The predicted molar refractivity (Wildman–Crippen MR) is 6.44 cm³/mol. The third-order valence-corrected chi connectivity index (χ3v) is 0. The molecule has 0 saturated heterocycles. The summed E-state index contributed by atoms with van der Waals surface area (Å²) in [6.07, 6.45) is 0. The summed E-state index contributed by atoms with van der Waals surface area (Å²) >= 11 is 0.333. The summed E-state index contributed by atoms with van der Waals surface area (Å²) < 4.78 is 8.33. The Hall–Kier alpha value is 3.45. The van der Waals surface area contributed by atoms with E-state index in [4.69, 9.17) is 3.40 Å². The van der Waals surface area contributed by atoms with Crippen LogP contribution in [0.4, 0.5) is 0 Å². The van der Waals surface area contributed by atoms with Gasteiger partial charge < -0.3 is 0 Å². The molecule has 0 rings (SSSR count). The molecule has 0 N–H and O–H groups in total. The van der Waals surface area contributed by atoms with Gasteiger partial charge in [-0.2, -0.15) is 0 Å². The minimum atomic E-state index is 0. The van der Waals surface area contributed by atoms with Gasteiger partial charge in [0.15, 0.2) is 0 Å². The molecule has 4 heavy (non-hydrogen) atoms. The van der Waals surface area contributed by atoms with Crippen LogP contribution < -0.4 is 0 Å². The molecule has 0 aliphatic carbocycles. The van der Waals surface area contributed by atoms with Gasteiger partial charge in [-0.05, 0) is 0 Å². The second-order valence-electron chi connectivity index (χ2n) is 0. The Balaban J connectivity index is -0.00000000500. The number of hydrogen-bond acceptors (Lipinski definition) is 1. The fourth-order valence-corrected chi connectivity index (χ4v) is 0. The normalized spacial score (nSPS) is 1.00. The van der Waals surface area contributed by atoms with E-state index in [1.807, 2.05) is 0 Å². The second-order valence-corrected chi connectivity index (χ2v) is 0. The van der Waals surface area contributed by atoms with E-state index in [0.717, 1.165) is 0 Å². The van der Waals surface area contributed by atoms with Crippen molar-refractivity contribution in [2.75, 3.05) is 0 Å². The summed E-state index contributed by atoms with van der Waals surface area (Å²) in [4.78, 5) is 0. The molecule has 0 aromatic carbocycles. The number of rotatable bonds is 0. The summed E-state index contributed by atoms with van der Waals surface area (Å²) in [7, 11) is 0. The van der Waals surface area contributed by atoms with Crippen molar-refractivity contribution in [3.63, 3.8) is 0 Å². The molecule has 0 atom stereocenters. The van der Waals surface area contributed by atoms with Crippen LogP contribution in [0.2, 0.25) is 0 Å². The van der Waals surface area contributed by atoms with Crippen molar-refractivity contribution in [2.24, 2.45) is 0 Å². The van der Waals surface area contributed by atoms with Crippen LogP contribution in [0.15, 0.2) is 0 Å². The first-order chi connectivity index (χ1) is 1.00. The van der Waals surface area contributed by atoms with Gasteiger partial charge in [0.2, 0.25) is 0 Å². The Bertz CT molecular complexity index is 8.00. The van der Waals surface area contributed by atoms with Crippen LogP contribution in [-0.4, -0.2) is 51.4 Å². The van der Waals surface area contributed by atoms with Crippen molar-refractivity contribution < 1.29 is 63.1 Å². The fourth-order valence-electron chi connectivity index (χ4n) is 0. The van der Waals surface area contributed by atoms with E-state index in [0.29, 0.717) is 19.8 Å². The molecule has 0 bridgehead atoms. The Morgan fingerprint density at radius 3 is 1.25 bits per heavy atom. The third kappa shape index (κ3) is 9.07. The van der Waals surface area contributed by atoms with Gasteiger partial charge in [0, 0.05) is 91.3 Å². The minimum absolute atomic E-state index is 0. The van der Waals surface area contributed by atoms with Crippen molar-refractivity contribution in [3.8, 4) is 0 Å². The Kier molecular flexibility index (Phi) is 63.0.